The smallest absolute Gasteiger partial charge is 0.295 e. The van der Waals surface area contributed by atoms with E-state index in [1.807, 2.05) is 0 Å². The summed E-state index contributed by atoms with van der Waals surface area (Å²) in [7, 11) is 0. The van der Waals surface area contributed by atoms with Crippen molar-refractivity contribution in [1.82, 2.24) is 0 Å². The zero-order valence-corrected chi connectivity index (χ0v) is 9.44. The number of alkyl halides is 3. The van der Waals surface area contributed by atoms with Gasteiger partial charge in [0.1, 0.15) is 0 Å². The summed E-state index contributed by atoms with van der Waals surface area (Å²) in [6.07, 6.45) is -3.99. The third-order valence-electron chi connectivity index (χ3n) is 1.79. The van der Waals surface area contributed by atoms with Gasteiger partial charge in [-0.05, 0) is 42.4 Å². The molecule has 1 heterocycles. The van der Waals surface area contributed by atoms with Gasteiger partial charge in [0, 0.05) is 5.57 Å². The number of ketones is 1. The Bertz CT molecular complexity index is 330. The Labute approximate surface area is 92.4 Å². The number of Topliss-reactive ketones (excluding diaryl/α,β-unsaturated/α-hetero) is 1. The van der Waals surface area contributed by atoms with Gasteiger partial charge in [0.05, 0.1) is 3.72 Å². The summed E-state index contributed by atoms with van der Waals surface area (Å²) < 4.78 is 37.6. The monoisotopic (exact) mass is 317 g/mol. The van der Waals surface area contributed by atoms with Crippen LogP contribution < -0.4 is 0 Å². The molecule has 0 aliphatic carbocycles. The summed E-state index contributed by atoms with van der Waals surface area (Å²) in [4.78, 5) is 14.3. The Hall–Kier alpha value is -0.400. The van der Waals surface area contributed by atoms with Crippen LogP contribution in [-0.4, -0.2) is 15.7 Å². The highest BCUT2D eigenvalue weighted by atomic mass is 127. The molecule has 0 amide bonds. The minimum absolute atomic E-state index is 0.131. The molecule has 2 nitrogen and oxygen atoms in total. The molecule has 0 aromatic heterocycles. The molecule has 0 saturated heterocycles. The van der Waals surface area contributed by atoms with Gasteiger partial charge in [0.15, 0.2) is 11.5 Å². The Balaban J connectivity index is 3.21. The molecule has 6 heteroatoms. The van der Waals surface area contributed by atoms with Gasteiger partial charge < -0.3 is 0 Å². The maximum Gasteiger partial charge on any atom is 0.433 e. The minimum Gasteiger partial charge on any atom is -0.295 e. The summed E-state index contributed by atoms with van der Waals surface area (Å²) in [5.74, 6) is -0.551. The highest BCUT2D eigenvalue weighted by Gasteiger charge is 2.39. The van der Waals surface area contributed by atoms with Crippen LogP contribution in [0.1, 0.15) is 19.8 Å². The normalized spacial score (nSPS) is 18.2. The van der Waals surface area contributed by atoms with Crippen LogP contribution >= 0.6 is 22.6 Å². The van der Waals surface area contributed by atoms with E-state index in [0.29, 0.717) is 10.1 Å². The molecule has 0 saturated carbocycles. The lowest BCUT2D eigenvalue weighted by Crippen LogP contribution is -2.19. The average Bonchev–Trinajstić information content (AvgIpc) is 2.01. The second-order valence-electron chi connectivity index (χ2n) is 2.87. The van der Waals surface area contributed by atoms with Crippen molar-refractivity contribution in [3.63, 3.8) is 0 Å². The summed E-state index contributed by atoms with van der Waals surface area (Å²) in [6.45, 7) is 1.13. The predicted octanol–water partition coefficient (Wildman–Crippen LogP) is 3.02. The van der Waals surface area contributed by atoms with E-state index >= 15 is 0 Å². The van der Waals surface area contributed by atoms with Gasteiger partial charge in [-0.1, -0.05) is 0 Å². The average molecular weight is 317 g/mol. The third-order valence-corrected chi connectivity index (χ3v) is 2.57. The molecule has 0 aromatic carbocycles. The fourth-order valence-electron chi connectivity index (χ4n) is 1.17. The standard InChI is InChI=1S/C8H7F3INO/c1-4(14)5-2-3-6(12)13-7(5)8(9,10)11/h2-3H2,1H3. The van der Waals surface area contributed by atoms with Crippen molar-refractivity contribution in [3.8, 4) is 0 Å². The number of hydrogen-bond donors (Lipinski definition) is 0. The van der Waals surface area contributed by atoms with Gasteiger partial charge in [-0.2, -0.15) is 13.2 Å². The van der Waals surface area contributed by atoms with E-state index in [1.165, 1.54) is 0 Å². The third kappa shape index (κ3) is 2.55. The van der Waals surface area contributed by atoms with Crippen LogP contribution in [0.3, 0.4) is 0 Å². The molecule has 0 aromatic rings. The summed E-state index contributed by atoms with van der Waals surface area (Å²) >= 11 is 1.75. The highest BCUT2D eigenvalue weighted by Crippen LogP contribution is 2.34. The molecule has 1 rings (SSSR count). The molecular formula is C8H7F3INO. The van der Waals surface area contributed by atoms with Crippen LogP contribution in [0.5, 0.6) is 0 Å². The Morgan fingerprint density at radius 1 is 1.43 bits per heavy atom. The first-order valence-electron chi connectivity index (χ1n) is 3.86. The first-order valence-corrected chi connectivity index (χ1v) is 4.94. The number of carbonyl (C=O) groups excluding carboxylic acids is 1. The van der Waals surface area contributed by atoms with Crippen LogP contribution in [-0.2, 0) is 4.79 Å². The molecule has 78 valence electrons. The number of hydrogen-bond acceptors (Lipinski definition) is 2. The highest BCUT2D eigenvalue weighted by molar-refractivity contribution is 14.1. The number of halogens is 4. The van der Waals surface area contributed by atoms with Gasteiger partial charge in [-0.15, -0.1) is 0 Å². The lowest BCUT2D eigenvalue weighted by molar-refractivity contribution is -0.116. The van der Waals surface area contributed by atoms with Gasteiger partial charge >= 0.3 is 6.18 Å². The Morgan fingerprint density at radius 2 is 2.00 bits per heavy atom. The second-order valence-corrected chi connectivity index (χ2v) is 4.11. The van der Waals surface area contributed by atoms with Crippen molar-refractivity contribution in [2.75, 3.05) is 0 Å². The van der Waals surface area contributed by atoms with E-state index in [1.54, 1.807) is 22.6 Å². The first-order chi connectivity index (χ1) is 6.32. The van der Waals surface area contributed by atoms with Crippen LogP contribution in [0.2, 0.25) is 0 Å². The van der Waals surface area contributed by atoms with E-state index in [-0.39, 0.29) is 12.0 Å². The number of carbonyl (C=O) groups is 1. The van der Waals surface area contributed by atoms with Gasteiger partial charge in [-0.25, -0.2) is 4.99 Å². The predicted molar refractivity (Wildman–Crippen MR) is 54.5 cm³/mol. The second kappa shape index (κ2) is 4.00. The van der Waals surface area contributed by atoms with Crippen molar-refractivity contribution < 1.29 is 18.0 Å². The summed E-state index contributed by atoms with van der Waals surface area (Å²) in [5, 5.41) is 0. The minimum atomic E-state index is -4.53. The maximum atomic E-state index is 12.4. The van der Waals surface area contributed by atoms with E-state index in [0.717, 1.165) is 6.92 Å². The van der Waals surface area contributed by atoms with E-state index in [9.17, 15) is 18.0 Å². The zero-order valence-electron chi connectivity index (χ0n) is 7.28. The molecule has 1 aliphatic rings. The Morgan fingerprint density at radius 3 is 2.43 bits per heavy atom. The first kappa shape index (κ1) is 11.7. The van der Waals surface area contributed by atoms with Crippen molar-refractivity contribution in [2.45, 2.75) is 25.9 Å². The topological polar surface area (TPSA) is 29.4 Å². The fraction of sp³-hybridized carbons (Fsp3) is 0.500. The number of allylic oxidation sites excluding steroid dienone is 2. The van der Waals surface area contributed by atoms with Crippen LogP contribution in [0.25, 0.3) is 0 Å². The van der Waals surface area contributed by atoms with Crippen LogP contribution in [0, 0.1) is 0 Å². The molecule has 1 aliphatic heterocycles. The van der Waals surface area contributed by atoms with E-state index in [2.05, 4.69) is 4.99 Å². The molecule has 0 fully saturated rings. The molecule has 0 unspecified atom stereocenters. The largest absolute Gasteiger partial charge is 0.433 e. The quantitative estimate of drug-likeness (QED) is 0.684. The van der Waals surface area contributed by atoms with Crippen LogP contribution in [0.15, 0.2) is 16.3 Å². The van der Waals surface area contributed by atoms with Crippen molar-refractivity contribution in [1.29, 1.82) is 0 Å². The van der Waals surface area contributed by atoms with Crippen molar-refractivity contribution in [3.05, 3.63) is 11.3 Å². The number of nitrogens with zero attached hydrogens (tertiary/aromatic N) is 1. The number of aliphatic imine (C=N–C) groups is 1. The molecule has 0 radical (unpaired) electrons. The van der Waals surface area contributed by atoms with E-state index < -0.39 is 17.7 Å². The lowest BCUT2D eigenvalue weighted by Gasteiger charge is -2.16. The molecule has 0 spiro atoms. The maximum absolute atomic E-state index is 12.4. The van der Waals surface area contributed by atoms with Gasteiger partial charge in [0.25, 0.3) is 0 Å². The summed E-state index contributed by atoms with van der Waals surface area (Å²) in [6, 6.07) is 0. The SMILES string of the molecule is CC(=O)C1=C(C(F)(F)F)N=C(I)CC1. The number of rotatable bonds is 1. The fourth-order valence-corrected chi connectivity index (χ4v) is 1.68. The molecule has 14 heavy (non-hydrogen) atoms. The molecule has 0 bridgehead atoms. The van der Waals surface area contributed by atoms with Crippen molar-refractivity contribution >= 4 is 32.1 Å². The Kier molecular flexibility index (Phi) is 3.33. The lowest BCUT2D eigenvalue weighted by atomic mass is 10.0. The molecular weight excluding hydrogens is 310 g/mol. The summed E-state index contributed by atoms with van der Waals surface area (Å²) in [5.41, 5.74) is -1.24. The van der Waals surface area contributed by atoms with E-state index in [4.69, 9.17) is 0 Å². The molecule has 0 N–H and O–H groups in total. The molecule has 0 atom stereocenters. The van der Waals surface area contributed by atoms with Crippen LogP contribution in [0.4, 0.5) is 13.2 Å². The van der Waals surface area contributed by atoms with Gasteiger partial charge in [0.2, 0.25) is 0 Å². The zero-order chi connectivity index (χ0) is 10.9. The van der Waals surface area contributed by atoms with Gasteiger partial charge in [-0.3, -0.25) is 4.79 Å². The van der Waals surface area contributed by atoms with Crippen molar-refractivity contribution in [2.24, 2.45) is 4.99 Å².